The van der Waals surface area contributed by atoms with Gasteiger partial charge in [0.2, 0.25) is 12.0 Å². The third-order valence-corrected chi connectivity index (χ3v) is 5.24. The molecular formula is C19H21NO5S. The number of piperidine rings is 1. The first-order valence-corrected chi connectivity index (χ1v) is 9.97. The molecule has 3 rings (SSSR count). The van der Waals surface area contributed by atoms with Gasteiger partial charge in [0.05, 0.1) is 4.90 Å². The number of hydrogen-bond donors (Lipinski definition) is 1. The molecule has 6 nitrogen and oxygen atoms in total. The third-order valence-electron chi connectivity index (χ3n) is 4.37. The van der Waals surface area contributed by atoms with Crippen LogP contribution in [0.4, 0.5) is 0 Å². The number of likely N-dealkylation sites (tertiary alicyclic amines) is 1. The summed E-state index contributed by atoms with van der Waals surface area (Å²) in [6.45, 7) is 1.54. The zero-order valence-corrected chi connectivity index (χ0v) is 15.1. The normalized spacial score (nSPS) is 16.8. The van der Waals surface area contributed by atoms with Gasteiger partial charge in [-0.05, 0) is 37.1 Å². The minimum Gasteiger partial charge on any atom is -0.467 e. The number of nitrogens with zero attached hydrogens (tertiary/aromatic N) is 1. The van der Waals surface area contributed by atoms with Crippen LogP contribution in [-0.2, 0) is 10.1 Å². The number of rotatable bonds is 6. The van der Waals surface area contributed by atoms with E-state index in [-0.39, 0.29) is 10.7 Å². The molecule has 0 aliphatic carbocycles. The fourth-order valence-corrected chi connectivity index (χ4v) is 3.49. The van der Waals surface area contributed by atoms with Gasteiger partial charge >= 0.3 is 0 Å². The van der Waals surface area contributed by atoms with Gasteiger partial charge in [-0.2, -0.15) is 8.42 Å². The van der Waals surface area contributed by atoms with Crippen LogP contribution >= 0.6 is 0 Å². The van der Waals surface area contributed by atoms with E-state index in [4.69, 9.17) is 9.29 Å². The van der Waals surface area contributed by atoms with Crippen LogP contribution in [0.5, 0.6) is 5.75 Å². The van der Waals surface area contributed by atoms with E-state index in [0.29, 0.717) is 11.3 Å². The first kappa shape index (κ1) is 18.6. The van der Waals surface area contributed by atoms with Crippen molar-refractivity contribution in [1.82, 2.24) is 4.90 Å². The molecule has 1 unspecified atom stereocenters. The molecule has 26 heavy (non-hydrogen) atoms. The van der Waals surface area contributed by atoms with E-state index in [1.165, 1.54) is 24.3 Å². The monoisotopic (exact) mass is 375 g/mol. The van der Waals surface area contributed by atoms with E-state index in [2.05, 4.69) is 0 Å². The van der Waals surface area contributed by atoms with E-state index in [1.54, 1.807) is 24.3 Å². The van der Waals surface area contributed by atoms with E-state index in [0.717, 1.165) is 32.4 Å². The summed E-state index contributed by atoms with van der Waals surface area (Å²) in [5.74, 6) is 0.239. The predicted molar refractivity (Wildman–Crippen MR) is 96.9 cm³/mol. The van der Waals surface area contributed by atoms with Gasteiger partial charge in [-0.1, -0.05) is 36.8 Å². The van der Waals surface area contributed by atoms with Crippen molar-refractivity contribution in [2.24, 2.45) is 0 Å². The molecule has 138 valence electrons. The summed E-state index contributed by atoms with van der Waals surface area (Å²) >= 11 is 0. The molecule has 7 heteroatoms. The van der Waals surface area contributed by atoms with Gasteiger partial charge in [0.15, 0.2) is 0 Å². The summed E-state index contributed by atoms with van der Waals surface area (Å²) in [4.78, 5) is 14.8. The highest BCUT2D eigenvalue weighted by atomic mass is 32.2. The molecule has 2 aromatic carbocycles. The maximum atomic E-state index is 13.0. The second-order valence-corrected chi connectivity index (χ2v) is 7.67. The first-order valence-electron chi connectivity index (χ1n) is 8.53. The average Bonchev–Trinajstić information content (AvgIpc) is 2.66. The first-order chi connectivity index (χ1) is 12.4. The van der Waals surface area contributed by atoms with Crippen molar-refractivity contribution >= 4 is 15.9 Å². The van der Waals surface area contributed by atoms with Gasteiger partial charge in [0.1, 0.15) is 5.75 Å². The van der Waals surface area contributed by atoms with Gasteiger partial charge in [0.25, 0.3) is 10.1 Å². The Balaban J connectivity index is 1.84. The average molecular weight is 375 g/mol. The summed E-state index contributed by atoms with van der Waals surface area (Å²) in [7, 11) is -4.26. The SMILES string of the molecule is O=C(c1ccccc1)C(Oc1ccc(S(=O)(=O)O)cc1)N1CCCCC1. The van der Waals surface area contributed by atoms with E-state index >= 15 is 0 Å². The molecule has 0 aromatic heterocycles. The molecule has 0 amide bonds. The van der Waals surface area contributed by atoms with Crippen LogP contribution in [0.1, 0.15) is 29.6 Å². The predicted octanol–water partition coefficient (Wildman–Crippen LogP) is 3.01. The Hall–Kier alpha value is -2.22. The maximum Gasteiger partial charge on any atom is 0.294 e. The lowest BCUT2D eigenvalue weighted by Gasteiger charge is -2.33. The number of carbonyl (C=O) groups excluding carboxylic acids is 1. The molecule has 1 saturated heterocycles. The molecule has 0 spiro atoms. The highest BCUT2D eigenvalue weighted by Gasteiger charge is 2.30. The molecule has 0 saturated carbocycles. The number of carbonyl (C=O) groups is 1. The number of Topliss-reactive ketones (excluding diaryl/α,β-unsaturated/α-hetero) is 1. The van der Waals surface area contributed by atoms with Gasteiger partial charge < -0.3 is 4.74 Å². The molecule has 1 atom stereocenters. The van der Waals surface area contributed by atoms with Gasteiger partial charge in [-0.15, -0.1) is 0 Å². The van der Waals surface area contributed by atoms with Crippen molar-refractivity contribution in [3.63, 3.8) is 0 Å². The third kappa shape index (κ3) is 4.49. The zero-order chi connectivity index (χ0) is 18.6. The highest BCUT2D eigenvalue weighted by Crippen LogP contribution is 2.22. The number of ketones is 1. The van der Waals surface area contributed by atoms with Crippen LogP contribution in [0.2, 0.25) is 0 Å². The highest BCUT2D eigenvalue weighted by molar-refractivity contribution is 7.85. The van der Waals surface area contributed by atoms with Crippen LogP contribution in [-0.4, -0.2) is 43.0 Å². The Morgan fingerprint density at radius 2 is 1.58 bits per heavy atom. The smallest absolute Gasteiger partial charge is 0.294 e. The second-order valence-electron chi connectivity index (χ2n) is 6.24. The van der Waals surface area contributed by atoms with E-state index < -0.39 is 16.3 Å². The van der Waals surface area contributed by atoms with E-state index in [1.807, 2.05) is 11.0 Å². The molecule has 1 N–H and O–H groups in total. The number of ether oxygens (including phenoxy) is 1. The van der Waals surface area contributed by atoms with Crippen LogP contribution in [0.25, 0.3) is 0 Å². The Labute approximate surface area is 153 Å². The van der Waals surface area contributed by atoms with Crippen LogP contribution in [0.15, 0.2) is 59.5 Å². The summed E-state index contributed by atoms with van der Waals surface area (Å²) in [5.41, 5.74) is 0.567. The molecule has 1 heterocycles. The Morgan fingerprint density at radius 1 is 0.962 bits per heavy atom. The topological polar surface area (TPSA) is 83.9 Å². The summed E-state index contributed by atoms with van der Waals surface area (Å²) in [6.07, 6.45) is 2.37. The molecule has 0 radical (unpaired) electrons. The molecule has 1 aliphatic rings. The fourth-order valence-electron chi connectivity index (χ4n) is 3.01. The minimum absolute atomic E-state index is 0.133. The van der Waals surface area contributed by atoms with Crippen molar-refractivity contribution in [3.05, 3.63) is 60.2 Å². The number of hydrogen-bond acceptors (Lipinski definition) is 5. The fraction of sp³-hybridized carbons (Fsp3) is 0.316. The van der Waals surface area contributed by atoms with Crippen molar-refractivity contribution in [2.75, 3.05) is 13.1 Å². The molecule has 1 aliphatic heterocycles. The van der Waals surface area contributed by atoms with Gasteiger partial charge in [0, 0.05) is 18.7 Å². The Kier molecular flexibility index (Phi) is 5.70. The lowest BCUT2D eigenvalue weighted by Crippen LogP contribution is -2.47. The maximum absolute atomic E-state index is 13.0. The van der Waals surface area contributed by atoms with Crippen molar-refractivity contribution in [3.8, 4) is 5.75 Å². The van der Waals surface area contributed by atoms with E-state index in [9.17, 15) is 13.2 Å². The van der Waals surface area contributed by atoms with Crippen molar-refractivity contribution in [2.45, 2.75) is 30.4 Å². The number of benzene rings is 2. The Bertz CT molecular complexity index is 843. The quantitative estimate of drug-likeness (QED) is 0.617. The van der Waals surface area contributed by atoms with Crippen LogP contribution in [0.3, 0.4) is 0 Å². The second kappa shape index (κ2) is 7.99. The molecular weight excluding hydrogens is 354 g/mol. The Morgan fingerprint density at radius 3 is 2.15 bits per heavy atom. The molecule has 2 aromatic rings. The van der Waals surface area contributed by atoms with Crippen molar-refractivity contribution in [1.29, 1.82) is 0 Å². The molecule has 0 bridgehead atoms. The van der Waals surface area contributed by atoms with Crippen LogP contribution < -0.4 is 4.74 Å². The van der Waals surface area contributed by atoms with Crippen LogP contribution in [0, 0.1) is 0 Å². The summed E-state index contributed by atoms with van der Waals surface area (Å²) in [6, 6.07) is 14.4. The van der Waals surface area contributed by atoms with Crippen molar-refractivity contribution < 1.29 is 22.5 Å². The summed E-state index contributed by atoms with van der Waals surface area (Å²) < 4.78 is 37.3. The largest absolute Gasteiger partial charge is 0.467 e. The van der Waals surface area contributed by atoms with Gasteiger partial charge in [-0.25, -0.2) is 0 Å². The van der Waals surface area contributed by atoms with Gasteiger partial charge in [-0.3, -0.25) is 14.2 Å². The molecule has 1 fully saturated rings. The zero-order valence-electron chi connectivity index (χ0n) is 14.2. The lowest BCUT2D eigenvalue weighted by molar-refractivity contribution is 0.0162. The summed E-state index contributed by atoms with van der Waals surface area (Å²) in [5, 5.41) is 0. The standard InChI is InChI=1S/C19H21NO5S/c21-18(15-7-3-1-4-8-15)19(20-13-5-2-6-14-20)25-16-9-11-17(12-10-16)26(22,23)24/h1,3-4,7-12,19H,2,5-6,13-14H2,(H,22,23,24). The lowest BCUT2D eigenvalue weighted by atomic mass is 10.1. The minimum atomic E-state index is -4.26.